The van der Waals surface area contributed by atoms with Crippen LogP contribution in [0, 0.1) is 5.41 Å². The van der Waals surface area contributed by atoms with E-state index in [1.165, 1.54) is 6.07 Å². The molecule has 2 N–H and O–H groups in total. The van der Waals surface area contributed by atoms with E-state index in [1.54, 1.807) is 12.1 Å². The highest BCUT2D eigenvalue weighted by atomic mass is 19.3. The summed E-state index contributed by atoms with van der Waals surface area (Å²) in [7, 11) is 0. The summed E-state index contributed by atoms with van der Waals surface area (Å²) in [6.07, 6.45) is 0. The monoisotopic (exact) mass is 227 g/mol. The van der Waals surface area contributed by atoms with Gasteiger partial charge >= 0.3 is 6.61 Å². The van der Waals surface area contributed by atoms with E-state index in [0.717, 1.165) is 5.56 Å². The fourth-order valence-corrected chi connectivity index (χ4v) is 2.20. The minimum absolute atomic E-state index is 0.0451. The molecule has 1 fully saturated rings. The number of nitrogens with two attached hydrogens (primary N) is 1. The molecule has 16 heavy (non-hydrogen) atoms. The van der Waals surface area contributed by atoms with Crippen molar-refractivity contribution in [1.29, 1.82) is 0 Å². The zero-order chi connectivity index (χ0) is 11.9. The van der Waals surface area contributed by atoms with Crippen LogP contribution in [0.2, 0.25) is 0 Å². The largest absolute Gasteiger partial charge is 0.435 e. The molecule has 0 saturated heterocycles. The highest BCUT2D eigenvalue weighted by molar-refractivity contribution is 5.38. The lowest BCUT2D eigenvalue weighted by molar-refractivity contribution is -0.0498. The summed E-state index contributed by atoms with van der Waals surface area (Å²) >= 11 is 0. The smallest absolute Gasteiger partial charge is 0.387 e. The third-order valence-corrected chi connectivity index (χ3v) is 3.35. The van der Waals surface area contributed by atoms with Gasteiger partial charge in [0.1, 0.15) is 5.75 Å². The van der Waals surface area contributed by atoms with Crippen molar-refractivity contribution in [2.45, 2.75) is 32.4 Å². The van der Waals surface area contributed by atoms with Crippen LogP contribution in [0.5, 0.6) is 5.75 Å². The molecule has 0 spiro atoms. The topological polar surface area (TPSA) is 35.2 Å². The van der Waals surface area contributed by atoms with Gasteiger partial charge in [-0.2, -0.15) is 8.78 Å². The van der Waals surface area contributed by atoms with Gasteiger partial charge in [0.15, 0.2) is 0 Å². The van der Waals surface area contributed by atoms with Crippen LogP contribution in [-0.4, -0.2) is 12.7 Å². The first-order valence-electron chi connectivity index (χ1n) is 5.23. The second kappa shape index (κ2) is 3.70. The van der Waals surface area contributed by atoms with E-state index in [2.05, 4.69) is 18.6 Å². The van der Waals surface area contributed by atoms with E-state index >= 15 is 0 Å². The molecule has 0 radical (unpaired) electrons. The molecular formula is C12H15F2NO. The van der Waals surface area contributed by atoms with Crippen LogP contribution in [-0.2, 0) is 0 Å². The number of rotatable bonds is 3. The predicted molar refractivity (Wildman–Crippen MR) is 57.6 cm³/mol. The second-order valence-corrected chi connectivity index (χ2v) is 4.78. The maximum atomic E-state index is 12.1. The molecule has 1 aromatic rings. The standard InChI is InChI=1S/C12H15F2NO/c1-12(2)9(10(12)15)7-4-3-5-8(6-7)16-11(13)14/h3-6,9-11H,15H2,1-2H3/t9-,10-/m0/s1. The van der Waals surface area contributed by atoms with Crippen molar-refractivity contribution in [2.24, 2.45) is 11.1 Å². The number of ether oxygens (including phenoxy) is 1. The van der Waals surface area contributed by atoms with Crippen LogP contribution in [0.25, 0.3) is 0 Å². The molecule has 1 saturated carbocycles. The molecule has 0 amide bonds. The number of hydrogen-bond acceptors (Lipinski definition) is 2. The Balaban J connectivity index is 2.18. The van der Waals surface area contributed by atoms with Gasteiger partial charge in [0.2, 0.25) is 0 Å². The first-order valence-corrected chi connectivity index (χ1v) is 5.23. The molecule has 88 valence electrons. The van der Waals surface area contributed by atoms with Gasteiger partial charge in [-0.25, -0.2) is 0 Å². The van der Waals surface area contributed by atoms with Crippen LogP contribution >= 0.6 is 0 Å². The molecular weight excluding hydrogens is 212 g/mol. The van der Waals surface area contributed by atoms with Gasteiger partial charge in [-0.15, -0.1) is 0 Å². The Labute approximate surface area is 93.4 Å². The molecule has 0 bridgehead atoms. The predicted octanol–water partition coefficient (Wildman–Crippen LogP) is 2.74. The molecule has 2 atom stereocenters. The Morgan fingerprint density at radius 1 is 1.38 bits per heavy atom. The molecule has 4 heteroatoms. The van der Waals surface area contributed by atoms with E-state index < -0.39 is 6.61 Å². The molecule has 1 aromatic carbocycles. The van der Waals surface area contributed by atoms with Crippen molar-refractivity contribution in [3.63, 3.8) is 0 Å². The lowest BCUT2D eigenvalue weighted by Gasteiger charge is -2.07. The normalized spacial score (nSPS) is 26.9. The average molecular weight is 227 g/mol. The van der Waals surface area contributed by atoms with Gasteiger partial charge < -0.3 is 10.5 Å². The number of benzene rings is 1. The van der Waals surface area contributed by atoms with Gasteiger partial charge in [0.25, 0.3) is 0 Å². The van der Waals surface area contributed by atoms with Crippen molar-refractivity contribution >= 4 is 0 Å². The van der Waals surface area contributed by atoms with E-state index in [0.29, 0.717) is 0 Å². The Bertz CT molecular complexity index is 392. The molecule has 1 aliphatic carbocycles. The van der Waals surface area contributed by atoms with Crippen LogP contribution in [0.3, 0.4) is 0 Å². The van der Waals surface area contributed by atoms with Gasteiger partial charge in [-0.1, -0.05) is 26.0 Å². The van der Waals surface area contributed by atoms with Crippen LogP contribution in [0.1, 0.15) is 25.3 Å². The van der Waals surface area contributed by atoms with E-state index in [4.69, 9.17) is 5.73 Å². The summed E-state index contributed by atoms with van der Waals surface area (Å²) in [4.78, 5) is 0. The van der Waals surface area contributed by atoms with Crippen molar-refractivity contribution in [3.05, 3.63) is 29.8 Å². The molecule has 0 aliphatic heterocycles. The third kappa shape index (κ3) is 1.89. The molecule has 1 aliphatic rings. The van der Waals surface area contributed by atoms with E-state index in [9.17, 15) is 8.78 Å². The second-order valence-electron chi connectivity index (χ2n) is 4.78. The van der Waals surface area contributed by atoms with Crippen LogP contribution in [0.4, 0.5) is 8.78 Å². The van der Waals surface area contributed by atoms with Gasteiger partial charge in [-0.3, -0.25) is 0 Å². The number of alkyl halides is 2. The fourth-order valence-electron chi connectivity index (χ4n) is 2.20. The highest BCUT2D eigenvalue weighted by Gasteiger charge is 2.56. The van der Waals surface area contributed by atoms with E-state index in [-0.39, 0.29) is 23.1 Å². The molecule has 2 rings (SSSR count). The minimum atomic E-state index is -2.78. The molecule has 0 unspecified atom stereocenters. The molecule has 0 heterocycles. The summed E-state index contributed by atoms with van der Waals surface area (Å²) in [5, 5.41) is 0. The summed E-state index contributed by atoms with van der Waals surface area (Å²) < 4.78 is 28.5. The summed E-state index contributed by atoms with van der Waals surface area (Å²) in [6.45, 7) is 1.36. The lowest BCUT2D eigenvalue weighted by Crippen LogP contribution is -2.06. The summed E-state index contributed by atoms with van der Waals surface area (Å²) in [6, 6.07) is 6.88. The maximum absolute atomic E-state index is 12.1. The van der Waals surface area contributed by atoms with Crippen LogP contribution < -0.4 is 10.5 Å². The summed E-state index contributed by atoms with van der Waals surface area (Å²) in [5.41, 5.74) is 6.95. The zero-order valence-corrected chi connectivity index (χ0v) is 9.28. The Morgan fingerprint density at radius 3 is 2.50 bits per heavy atom. The first-order chi connectivity index (χ1) is 7.43. The van der Waals surface area contributed by atoms with Crippen LogP contribution in [0.15, 0.2) is 24.3 Å². The minimum Gasteiger partial charge on any atom is -0.435 e. The van der Waals surface area contributed by atoms with Crippen molar-refractivity contribution in [3.8, 4) is 5.75 Å². The van der Waals surface area contributed by atoms with E-state index in [1.807, 2.05) is 6.07 Å². The number of halogens is 2. The molecule has 2 nitrogen and oxygen atoms in total. The summed E-state index contributed by atoms with van der Waals surface area (Å²) in [5.74, 6) is 0.427. The fraction of sp³-hybridized carbons (Fsp3) is 0.500. The van der Waals surface area contributed by atoms with Gasteiger partial charge in [0.05, 0.1) is 0 Å². The average Bonchev–Trinajstić information content (AvgIpc) is 2.65. The number of hydrogen-bond donors (Lipinski definition) is 1. The highest BCUT2D eigenvalue weighted by Crippen LogP contribution is 2.57. The lowest BCUT2D eigenvalue weighted by atomic mass is 10.0. The SMILES string of the molecule is CC1(C)[C@@H](N)[C@@H]1c1cccc(OC(F)F)c1. The molecule has 0 aromatic heterocycles. The Hall–Kier alpha value is -1.16. The van der Waals surface area contributed by atoms with Crippen molar-refractivity contribution in [2.75, 3.05) is 0 Å². The van der Waals surface area contributed by atoms with Crippen molar-refractivity contribution < 1.29 is 13.5 Å². The van der Waals surface area contributed by atoms with Crippen molar-refractivity contribution in [1.82, 2.24) is 0 Å². The maximum Gasteiger partial charge on any atom is 0.387 e. The third-order valence-electron chi connectivity index (χ3n) is 3.35. The Morgan fingerprint density at radius 2 is 2.00 bits per heavy atom. The van der Waals surface area contributed by atoms with Gasteiger partial charge in [-0.05, 0) is 23.1 Å². The van der Waals surface area contributed by atoms with Gasteiger partial charge in [0, 0.05) is 12.0 Å². The quantitative estimate of drug-likeness (QED) is 0.861. The Kier molecular flexibility index (Phi) is 2.62. The zero-order valence-electron chi connectivity index (χ0n) is 9.28. The first kappa shape index (κ1) is 11.3.